The molecule has 0 aliphatic rings. The van der Waals surface area contributed by atoms with Crippen molar-refractivity contribution in [3.63, 3.8) is 0 Å². The lowest BCUT2D eigenvalue weighted by Crippen LogP contribution is -2.34. The number of esters is 1. The van der Waals surface area contributed by atoms with Crippen LogP contribution in [0.5, 0.6) is 0 Å². The van der Waals surface area contributed by atoms with E-state index in [0.717, 1.165) is 15.6 Å². The Labute approximate surface area is 120 Å². The Morgan fingerprint density at radius 3 is 2.70 bits per heavy atom. The van der Waals surface area contributed by atoms with Gasteiger partial charge in [0, 0.05) is 13.6 Å². The van der Waals surface area contributed by atoms with Gasteiger partial charge in [-0.25, -0.2) is 0 Å². The van der Waals surface area contributed by atoms with Gasteiger partial charge in [-0.2, -0.15) is 12.7 Å². The maximum absolute atomic E-state index is 12.0. The predicted molar refractivity (Wildman–Crippen MR) is 74.6 cm³/mol. The minimum Gasteiger partial charge on any atom is -0.469 e. The normalized spacial score (nSPS) is 11.3. The number of nitrogens with two attached hydrogens (primary N) is 1. The van der Waals surface area contributed by atoms with Crippen molar-refractivity contribution in [2.75, 3.05) is 25.4 Å². The fourth-order valence-corrected chi connectivity index (χ4v) is 3.22. The molecule has 112 valence electrons. The van der Waals surface area contributed by atoms with Gasteiger partial charge < -0.3 is 10.5 Å². The first kappa shape index (κ1) is 16.4. The first-order chi connectivity index (χ1) is 9.27. The summed E-state index contributed by atoms with van der Waals surface area (Å²) in [6, 6.07) is 1.43. The van der Waals surface area contributed by atoms with Crippen molar-refractivity contribution in [3.8, 4) is 0 Å². The maximum Gasteiger partial charge on any atom is 0.306 e. The van der Waals surface area contributed by atoms with Crippen LogP contribution in [-0.2, 0) is 19.7 Å². The van der Waals surface area contributed by atoms with Crippen LogP contribution in [0.2, 0.25) is 0 Å². The van der Waals surface area contributed by atoms with E-state index in [9.17, 15) is 18.0 Å². The molecule has 0 unspecified atom stereocenters. The Morgan fingerprint density at radius 1 is 1.50 bits per heavy atom. The number of methoxy groups -OCH3 is 1. The molecule has 0 aromatic carbocycles. The molecule has 0 aliphatic heterocycles. The Hall–Kier alpha value is -1.65. The minimum atomic E-state index is -3.86. The van der Waals surface area contributed by atoms with Gasteiger partial charge >= 0.3 is 16.2 Å². The van der Waals surface area contributed by atoms with Crippen LogP contribution in [0.3, 0.4) is 0 Å². The van der Waals surface area contributed by atoms with Crippen molar-refractivity contribution < 1.29 is 22.7 Å². The molecule has 3 N–H and O–H groups in total. The third kappa shape index (κ3) is 4.18. The Balaban J connectivity index is 2.76. The number of anilines is 1. The Kier molecular flexibility index (Phi) is 5.48. The lowest BCUT2D eigenvalue weighted by atomic mass is 10.3. The van der Waals surface area contributed by atoms with E-state index in [1.54, 1.807) is 5.38 Å². The summed E-state index contributed by atoms with van der Waals surface area (Å²) in [5.74, 6) is -1.23. The molecular weight excluding hydrogens is 306 g/mol. The van der Waals surface area contributed by atoms with Crippen molar-refractivity contribution in [2.24, 2.45) is 5.73 Å². The summed E-state index contributed by atoms with van der Waals surface area (Å²) in [6.45, 7) is -0.0424. The number of nitrogens with one attached hydrogen (secondary N) is 1. The Bertz CT molecular complexity index is 596. The highest BCUT2D eigenvalue weighted by atomic mass is 32.2. The second-order valence-corrected chi connectivity index (χ2v) is 6.48. The van der Waals surface area contributed by atoms with Gasteiger partial charge in [0.1, 0.15) is 5.00 Å². The van der Waals surface area contributed by atoms with E-state index in [1.807, 2.05) is 0 Å². The SMILES string of the molecule is COC(=O)CCN(C)S(=O)(=O)Nc1sccc1C(N)=O. The second-order valence-electron chi connectivity index (χ2n) is 3.78. The summed E-state index contributed by atoms with van der Waals surface area (Å²) in [5.41, 5.74) is 5.23. The molecule has 1 amide bonds. The van der Waals surface area contributed by atoms with Crippen molar-refractivity contribution in [3.05, 3.63) is 17.0 Å². The lowest BCUT2D eigenvalue weighted by molar-refractivity contribution is -0.140. The van der Waals surface area contributed by atoms with Crippen LogP contribution in [-0.4, -0.2) is 45.3 Å². The van der Waals surface area contributed by atoms with Crippen LogP contribution in [0.15, 0.2) is 11.4 Å². The number of nitrogens with zero attached hydrogens (tertiary/aromatic N) is 1. The zero-order valence-electron chi connectivity index (χ0n) is 11.0. The summed E-state index contributed by atoms with van der Waals surface area (Å²) < 4.78 is 31.6. The largest absolute Gasteiger partial charge is 0.469 e. The van der Waals surface area contributed by atoms with Crippen LogP contribution in [0, 0.1) is 0 Å². The molecule has 1 aromatic heterocycles. The van der Waals surface area contributed by atoms with Crippen molar-refractivity contribution >= 4 is 38.4 Å². The topological polar surface area (TPSA) is 119 Å². The number of hydrogen-bond acceptors (Lipinski definition) is 6. The van der Waals surface area contributed by atoms with Crippen molar-refractivity contribution in [1.29, 1.82) is 0 Å². The highest BCUT2D eigenvalue weighted by molar-refractivity contribution is 7.90. The molecule has 0 fully saturated rings. The van der Waals surface area contributed by atoms with E-state index in [1.165, 1.54) is 20.2 Å². The Morgan fingerprint density at radius 2 is 2.15 bits per heavy atom. The molecule has 1 heterocycles. The molecule has 0 aliphatic carbocycles. The molecule has 10 heteroatoms. The summed E-state index contributed by atoms with van der Waals surface area (Å²) in [4.78, 5) is 22.1. The van der Waals surface area contributed by atoms with Gasteiger partial charge in [-0.1, -0.05) is 0 Å². The van der Waals surface area contributed by atoms with E-state index < -0.39 is 22.1 Å². The highest BCUT2D eigenvalue weighted by Gasteiger charge is 2.21. The fourth-order valence-electron chi connectivity index (χ4n) is 1.25. The summed E-state index contributed by atoms with van der Waals surface area (Å²) in [7, 11) is -1.33. The van der Waals surface area contributed by atoms with Gasteiger partial charge in [-0.3, -0.25) is 14.3 Å². The molecule has 20 heavy (non-hydrogen) atoms. The van der Waals surface area contributed by atoms with Gasteiger partial charge in [0.25, 0.3) is 5.91 Å². The van der Waals surface area contributed by atoms with Crippen molar-refractivity contribution in [1.82, 2.24) is 4.31 Å². The minimum absolute atomic E-state index is 0.0424. The number of rotatable bonds is 7. The number of carbonyl (C=O) groups is 2. The maximum atomic E-state index is 12.0. The fraction of sp³-hybridized carbons (Fsp3) is 0.400. The van der Waals surface area contributed by atoms with Gasteiger partial charge in [0.05, 0.1) is 19.1 Å². The molecule has 0 saturated carbocycles. The number of primary amides is 1. The smallest absolute Gasteiger partial charge is 0.306 e. The number of hydrogen-bond donors (Lipinski definition) is 2. The first-order valence-electron chi connectivity index (χ1n) is 5.46. The highest BCUT2D eigenvalue weighted by Crippen LogP contribution is 2.24. The van der Waals surface area contributed by atoms with Crippen LogP contribution in [0.4, 0.5) is 5.00 Å². The average molecular weight is 321 g/mol. The van der Waals surface area contributed by atoms with Crippen LogP contribution in [0.25, 0.3) is 0 Å². The van der Waals surface area contributed by atoms with E-state index in [2.05, 4.69) is 9.46 Å². The predicted octanol–water partition coefficient (Wildman–Crippen LogP) is -0.00140. The number of carbonyl (C=O) groups excluding carboxylic acids is 2. The third-order valence-electron chi connectivity index (χ3n) is 2.42. The number of thiophene rings is 1. The van der Waals surface area contributed by atoms with Crippen LogP contribution >= 0.6 is 11.3 Å². The van der Waals surface area contributed by atoms with Gasteiger partial charge in [-0.15, -0.1) is 11.3 Å². The van der Waals surface area contributed by atoms with Crippen LogP contribution in [0.1, 0.15) is 16.8 Å². The zero-order valence-corrected chi connectivity index (χ0v) is 12.6. The van der Waals surface area contributed by atoms with E-state index in [-0.39, 0.29) is 23.5 Å². The summed E-state index contributed by atoms with van der Waals surface area (Å²) in [6.07, 6.45) is -0.0684. The summed E-state index contributed by atoms with van der Waals surface area (Å²) in [5, 5.41) is 1.69. The standard InChI is InChI=1S/C10H15N3O5S2/c1-13(5-3-8(14)18-2)20(16,17)12-10-7(9(11)15)4-6-19-10/h4,6,12H,3,5H2,1-2H3,(H2,11,15). The zero-order chi connectivity index (χ0) is 15.3. The molecule has 0 radical (unpaired) electrons. The quantitative estimate of drug-likeness (QED) is 0.685. The molecule has 0 bridgehead atoms. The second kappa shape index (κ2) is 6.68. The lowest BCUT2D eigenvalue weighted by Gasteiger charge is -2.17. The molecule has 1 aromatic rings. The molecule has 1 rings (SSSR count). The molecule has 8 nitrogen and oxygen atoms in total. The molecule has 0 spiro atoms. The number of ether oxygens (including phenoxy) is 1. The molecular formula is C10H15N3O5S2. The first-order valence-corrected chi connectivity index (χ1v) is 7.78. The summed E-state index contributed by atoms with van der Waals surface area (Å²) >= 11 is 1.04. The number of amides is 1. The monoisotopic (exact) mass is 321 g/mol. The third-order valence-corrected chi connectivity index (χ3v) is 4.85. The van der Waals surface area contributed by atoms with E-state index >= 15 is 0 Å². The van der Waals surface area contributed by atoms with E-state index in [0.29, 0.717) is 0 Å². The van der Waals surface area contributed by atoms with Gasteiger partial charge in [0.15, 0.2) is 0 Å². The molecule has 0 saturated heterocycles. The average Bonchev–Trinajstić information content (AvgIpc) is 2.82. The van der Waals surface area contributed by atoms with E-state index in [4.69, 9.17) is 5.73 Å². The van der Waals surface area contributed by atoms with Crippen LogP contribution < -0.4 is 10.5 Å². The van der Waals surface area contributed by atoms with Gasteiger partial charge in [-0.05, 0) is 11.4 Å². The molecule has 0 atom stereocenters. The van der Waals surface area contributed by atoms with Crippen molar-refractivity contribution in [2.45, 2.75) is 6.42 Å². The van der Waals surface area contributed by atoms with Gasteiger partial charge in [0.2, 0.25) is 0 Å².